The van der Waals surface area contributed by atoms with Gasteiger partial charge in [0.15, 0.2) is 0 Å². The molecule has 9 heteroatoms. The molecular weight excluding hydrogens is 318 g/mol. The number of carbonyl (C=O) groups excluding carboxylic acids is 1. The van der Waals surface area contributed by atoms with Crippen LogP contribution in [0.2, 0.25) is 0 Å². The SMILES string of the molecule is Cn1cncc1-c1ccnc(C(=O)Nc2ccc(C(F)F)nc2)n1. The van der Waals surface area contributed by atoms with Crippen LogP contribution in [0.3, 0.4) is 0 Å². The van der Waals surface area contributed by atoms with E-state index in [1.165, 1.54) is 12.3 Å². The average Bonchev–Trinajstić information content (AvgIpc) is 3.01. The van der Waals surface area contributed by atoms with E-state index in [1.54, 1.807) is 30.2 Å². The lowest BCUT2D eigenvalue weighted by Gasteiger charge is -2.06. The van der Waals surface area contributed by atoms with Crippen LogP contribution in [-0.2, 0) is 7.05 Å². The zero-order valence-corrected chi connectivity index (χ0v) is 12.5. The van der Waals surface area contributed by atoms with Crippen molar-refractivity contribution in [1.82, 2.24) is 24.5 Å². The van der Waals surface area contributed by atoms with Crippen molar-refractivity contribution < 1.29 is 13.6 Å². The quantitative estimate of drug-likeness (QED) is 0.794. The van der Waals surface area contributed by atoms with Gasteiger partial charge in [-0.3, -0.25) is 9.78 Å². The van der Waals surface area contributed by atoms with E-state index in [0.717, 1.165) is 18.0 Å². The molecule has 0 aromatic carbocycles. The molecule has 0 atom stereocenters. The van der Waals surface area contributed by atoms with Crippen LogP contribution in [-0.4, -0.2) is 30.4 Å². The van der Waals surface area contributed by atoms with Crippen molar-refractivity contribution in [3.63, 3.8) is 0 Å². The second-order valence-corrected chi connectivity index (χ2v) is 4.88. The standard InChI is InChI=1S/C15H12F2N6O/c1-23-8-18-7-12(23)10-4-5-19-14(22-10)15(24)21-9-2-3-11(13(16)17)20-6-9/h2-8,13H,1H3,(H,21,24). The molecule has 3 rings (SSSR count). The number of aromatic nitrogens is 5. The van der Waals surface area contributed by atoms with Gasteiger partial charge in [0.1, 0.15) is 5.69 Å². The Kier molecular flexibility index (Phi) is 4.23. The minimum atomic E-state index is -2.66. The molecule has 1 amide bonds. The minimum absolute atomic E-state index is 0.0494. The predicted molar refractivity (Wildman–Crippen MR) is 81.4 cm³/mol. The molecule has 3 aromatic heterocycles. The first kappa shape index (κ1) is 15.7. The van der Waals surface area contributed by atoms with E-state index in [1.807, 2.05) is 0 Å². The summed E-state index contributed by atoms with van der Waals surface area (Å²) >= 11 is 0. The Balaban J connectivity index is 1.79. The molecule has 3 heterocycles. The van der Waals surface area contributed by atoms with Crippen molar-refractivity contribution in [2.75, 3.05) is 5.32 Å². The summed E-state index contributed by atoms with van der Waals surface area (Å²) in [4.78, 5) is 27.9. The molecule has 7 nitrogen and oxygen atoms in total. The van der Waals surface area contributed by atoms with Gasteiger partial charge in [-0.2, -0.15) is 0 Å². The molecular formula is C15H12F2N6O. The number of nitrogens with one attached hydrogen (secondary N) is 1. The topological polar surface area (TPSA) is 85.6 Å². The molecule has 0 aliphatic carbocycles. The first-order valence-corrected chi connectivity index (χ1v) is 6.90. The summed E-state index contributed by atoms with van der Waals surface area (Å²) in [6.45, 7) is 0. The third kappa shape index (κ3) is 3.24. The Morgan fingerprint density at radius 2 is 2.04 bits per heavy atom. The molecule has 0 saturated heterocycles. The highest BCUT2D eigenvalue weighted by molar-refractivity contribution is 6.01. The monoisotopic (exact) mass is 330 g/mol. The number of nitrogens with zero attached hydrogens (tertiary/aromatic N) is 5. The van der Waals surface area contributed by atoms with E-state index in [0.29, 0.717) is 5.69 Å². The van der Waals surface area contributed by atoms with Gasteiger partial charge in [0, 0.05) is 13.2 Å². The second kappa shape index (κ2) is 6.49. The number of hydrogen-bond donors (Lipinski definition) is 1. The van der Waals surface area contributed by atoms with E-state index in [9.17, 15) is 13.6 Å². The summed E-state index contributed by atoms with van der Waals surface area (Å²) in [5.41, 5.74) is 1.19. The Morgan fingerprint density at radius 1 is 1.21 bits per heavy atom. The number of amides is 1. The lowest BCUT2D eigenvalue weighted by Crippen LogP contribution is -2.16. The Morgan fingerprint density at radius 3 is 2.67 bits per heavy atom. The zero-order chi connectivity index (χ0) is 17.1. The summed E-state index contributed by atoms with van der Waals surface area (Å²) in [6, 6.07) is 4.15. The van der Waals surface area contributed by atoms with Gasteiger partial charge < -0.3 is 9.88 Å². The van der Waals surface area contributed by atoms with Gasteiger partial charge in [-0.1, -0.05) is 0 Å². The van der Waals surface area contributed by atoms with Crippen molar-refractivity contribution >= 4 is 11.6 Å². The highest BCUT2D eigenvalue weighted by atomic mass is 19.3. The largest absolute Gasteiger partial charge is 0.332 e. The summed E-state index contributed by atoms with van der Waals surface area (Å²) in [5, 5.41) is 2.52. The second-order valence-electron chi connectivity index (χ2n) is 4.88. The first-order valence-electron chi connectivity index (χ1n) is 6.90. The van der Waals surface area contributed by atoms with E-state index >= 15 is 0 Å². The van der Waals surface area contributed by atoms with Crippen molar-refractivity contribution in [2.24, 2.45) is 7.05 Å². The fraction of sp³-hybridized carbons (Fsp3) is 0.133. The Bertz CT molecular complexity index is 862. The molecule has 3 aromatic rings. The maximum absolute atomic E-state index is 12.5. The van der Waals surface area contributed by atoms with Crippen LogP contribution in [0.15, 0.2) is 43.1 Å². The molecule has 24 heavy (non-hydrogen) atoms. The lowest BCUT2D eigenvalue weighted by atomic mass is 10.3. The van der Waals surface area contributed by atoms with Crippen molar-refractivity contribution in [1.29, 1.82) is 0 Å². The van der Waals surface area contributed by atoms with E-state index < -0.39 is 12.3 Å². The van der Waals surface area contributed by atoms with Crippen molar-refractivity contribution in [3.8, 4) is 11.4 Å². The normalized spacial score (nSPS) is 10.8. The van der Waals surface area contributed by atoms with Crippen molar-refractivity contribution in [3.05, 3.63) is 54.6 Å². The molecule has 0 bridgehead atoms. The summed E-state index contributed by atoms with van der Waals surface area (Å²) in [7, 11) is 1.81. The van der Waals surface area contributed by atoms with E-state index in [-0.39, 0.29) is 17.2 Å². The van der Waals surface area contributed by atoms with Crippen LogP contribution < -0.4 is 5.32 Å². The lowest BCUT2D eigenvalue weighted by molar-refractivity contribution is 0.101. The van der Waals surface area contributed by atoms with Crippen LogP contribution in [0, 0.1) is 0 Å². The number of rotatable bonds is 4. The number of carbonyl (C=O) groups is 1. The molecule has 0 spiro atoms. The zero-order valence-electron chi connectivity index (χ0n) is 12.5. The Labute approximate surface area is 135 Å². The molecule has 0 radical (unpaired) electrons. The predicted octanol–water partition coefficient (Wildman–Crippen LogP) is 2.46. The van der Waals surface area contributed by atoms with Crippen molar-refractivity contribution in [2.45, 2.75) is 6.43 Å². The molecule has 0 saturated carbocycles. The fourth-order valence-electron chi connectivity index (χ4n) is 2.01. The maximum atomic E-state index is 12.5. The number of alkyl halides is 2. The van der Waals surface area contributed by atoms with Gasteiger partial charge in [0.2, 0.25) is 5.82 Å². The Hall–Kier alpha value is -3.23. The van der Waals surface area contributed by atoms with E-state index in [2.05, 4.69) is 25.3 Å². The highest BCUT2D eigenvalue weighted by Gasteiger charge is 2.14. The summed E-state index contributed by atoms with van der Waals surface area (Å²) < 4.78 is 26.7. The molecule has 122 valence electrons. The van der Waals surface area contributed by atoms with Crippen LogP contribution in [0.4, 0.5) is 14.5 Å². The fourth-order valence-corrected chi connectivity index (χ4v) is 2.01. The number of hydrogen-bond acceptors (Lipinski definition) is 5. The molecule has 0 aliphatic heterocycles. The smallest absolute Gasteiger partial charge is 0.293 e. The van der Waals surface area contributed by atoms with Crippen LogP contribution in [0.5, 0.6) is 0 Å². The number of halogens is 2. The number of aryl methyl sites for hydroxylation is 1. The van der Waals surface area contributed by atoms with Crippen LogP contribution in [0.1, 0.15) is 22.7 Å². The van der Waals surface area contributed by atoms with Crippen LogP contribution in [0.25, 0.3) is 11.4 Å². The van der Waals surface area contributed by atoms with Gasteiger partial charge in [-0.25, -0.2) is 23.7 Å². The molecule has 0 fully saturated rings. The highest BCUT2D eigenvalue weighted by Crippen LogP contribution is 2.18. The van der Waals surface area contributed by atoms with Gasteiger partial charge in [0.05, 0.1) is 35.8 Å². The van der Waals surface area contributed by atoms with Gasteiger partial charge in [-0.05, 0) is 18.2 Å². The summed E-state index contributed by atoms with van der Waals surface area (Å²) in [6.07, 6.45) is 3.20. The van der Waals surface area contributed by atoms with Gasteiger partial charge in [0.25, 0.3) is 12.3 Å². The molecule has 0 unspecified atom stereocenters. The van der Waals surface area contributed by atoms with Gasteiger partial charge >= 0.3 is 0 Å². The molecule has 0 aliphatic rings. The van der Waals surface area contributed by atoms with Crippen LogP contribution >= 0.6 is 0 Å². The summed E-state index contributed by atoms with van der Waals surface area (Å²) in [5.74, 6) is -0.614. The number of imidazole rings is 1. The number of pyridine rings is 1. The molecule has 1 N–H and O–H groups in total. The average molecular weight is 330 g/mol. The van der Waals surface area contributed by atoms with Gasteiger partial charge in [-0.15, -0.1) is 0 Å². The maximum Gasteiger partial charge on any atom is 0.293 e. The third-order valence-electron chi connectivity index (χ3n) is 3.21. The minimum Gasteiger partial charge on any atom is -0.332 e. The third-order valence-corrected chi connectivity index (χ3v) is 3.21. The number of anilines is 1. The first-order chi connectivity index (χ1) is 11.5. The van der Waals surface area contributed by atoms with E-state index in [4.69, 9.17) is 0 Å².